The van der Waals surface area contributed by atoms with Gasteiger partial charge in [0.1, 0.15) is 18.0 Å². The zero-order chi connectivity index (χ0) is 14.1. The van der Waals surface area contributed by atoms with Gasteiger partial charge in [-0.2, -0.15) is 0 Å². The van der Waals surface area contributed by atoms with Crippen LogP contribution in [-0.4, -0.2) is 9.97 Å². The lowest BCUT2D eigenvalue weighted by molar-refractivity contribution is 0.628. The minimum Gasteiger partial charge on any atom is -0.340 e. The summed E-state index contributed by atoms with van der Waals surface area (Å²) in [6.07, 6.45) is 1.49. The van der Waals surface area contributed by atoms with Crippen molar-refractivity contribution in [3.63, 3.8) is 0 Å². The number of halogens is 3. The maximum absolute atomic E-state index is 13.2. The number of hydrogen-bond donors (Lipinski definition) is 1. The Kier molecular flexibility index (Phi) is 3.71. The molecule has 1 heterocycles. The summed E-state index contributed by atoms with van der Waals surface area (Å²) in [5.41, 5.74) is 1.52. The van der Waals surface area contributed by atoms with Gasteiger partial charge in [-0.15, -0.1) is 0 Å². The molecule has 0 bridgehead atoms. The lowest BCUT2D eigenvalue weighted by Gasteiger charge is -2.09. The highest BCUT2D eigenvalue weighted by atomic mass is 127. The first-order valence-corrected chi connectivity index (χ1v) is 7.21. The number of nitrogens with zero attached hydrogens (tertiary/aromatic N) is 2. The van der Waals surface area contributed by atoms with Gasteiger partial charge in [-0.25, -0.2) is 14.4 Å². The average Bonchev–Trinajstić information content (AvgIpc) is 2.44. The quantitative estimate of drug-likeness (QED) is 0.631. The third-order valence-corrected chi connectivity index (χ3v) is 3.74. The van der Waals surface area contributed by atoms with Crippen LogP contribution in [0.4, 0.5) is 15.9 Å². The second-order valence-electron chi connectivity index (χ2n) is 4.14. The molecule has 0 radical (unpaired) electrons. The minimum atomic E-state index is -0.445. The highest BCUT2D eigenvalue weighted by Gasteiger charge is 2.06. The van der Waals surface area contributed by atoms with Gasteiger partial charge in [0.05, 0.1) is 10.5 Å². The Hall–Kier alpha value is -1.47. The van der Waals surface area contributed by atoms with E-state index in [2.05, 4.69) is 37.9 Å². The van der Waals surface area contributed by atoms with Gasteiger partial charge in [-0.1, -0.05) is 11.6 Å². The Labute approximate surface area is 133 Å². The molecular formula is C14H8ClFIN3. The molecule has 2 aromatic carbocycles. The van der Waals surface area contributed by atoms with Crippen LogP contribution >= 0.6 is 34.2 Å². The second-order valence-corrected chi connectivity index (χ2v) is 5.79. The highest BCUT2D eigenvalue weighted by Crippen LogP contribution is 2.26. The zero-order valence-electron chi connectivity index (χ0n) is 10.1. The molecule has 1 aromatic heterocycles. The minimum absolute atomic E-state index is 0.0722. The summed E-state index contributed by atoms with van der Waals surface area (Å²) in [4.78, 5) is 8.45. The van der Waals surface area contributed by atoms with Gasteiger partial charge in [-0.05, 0) is 59.0 Å². The van der Waals surface area contributed by atoms with Crippen molar-refractivity contribution in [3.8, 4) is 0 Å². The lowest BCUT2D eigenvalue weighted by Crippen LogP contribution is -1.96. The first kappa shape index (κ1) is 13.5. The molecule has 3 rings (SSSR count). The summed E-state index contributed by atoms with van der Waals surface area (Å²) < 4.78 is 14.2. The van der Waals surface area contributed by atoms with E-state index in [0.717, 1.165) is 14.5 Å². The van der Waals surface area contributed by atoms with Crippen LogP contribution < -0.4 is 5.32 Å². The van der Waals surface area contributed by atoms with Crippen LogP contribution in [0.3, 0.4) is 0 Å². The van der Waals surface area contributed by atoms with Crippen LogP contribution in [0.15, 0.2) is 42.7 Å². The van der Waals surface area contributed by atoms with Crippen molar-refractivity contribution in [2.75, 3.05) is 5.32 Å². The largest absolute Gasteiger partial charge is 0.340 e. The summed E-state index contributed by atoms with van der Waals surface area (Å²) >= 11 is 8.01. The number of nitrogens with one attached hydrogen (secondary N) is 1. The van der Waals surface area contributed by atoms with Gasteiger partial charge in [-0.3, -0.25) is 0 Å². The molecule has 0 fully saturated rings. The standard InChI is InChI=1S/C14H8ClFIN3/c15-11-6-9(2-3-12(11)16)20-14-10-5-8(17)1-4-13(10)18-7-19-14/h1-7H,(H,18,19,20). The van der Waals surface area contributed by atoms with Gasteiger partial charge < -0.3 is 5.32 Å². The van der Waals surface area contributed by atoms with E-state index in [-0.39, 0.29) is 5.02 Å². The van der Waals surface area contributed by atoms with Gasteiger partial charge in [0.15, 0.2) is 0 Å². The van der Waals surface area contributed by atoms with Crippen molar-refractivity contribution >= 4 is 56.6 Å². The number of aromatic nitrogens is 2. The van der Waals surface area contributed by atoms with Crippen LogP contribution in [0.2, 0.25) is 5.02 Å². The molecule has 0 spiro atoms. The van der Waals surface area contributed by atoms with Gasteiger partial charge in [0, 0.05) is 14.6 Å². The van der Waals surface area contributed by atoms with E-state index in [0.29, 0.717) is 11.5 Å². The summed E-state index contributed by atoms with van der Waals surface area (Å²) in [7, 11) is 0. The highest BCUT2D eigenvalue weighted by molar-refractivity contribution is 14.1. The van der Waals surface area contributed by atoms with E-state index in [9.17, 15) is 4.39 Å². The first-order chi connectivity index (χ1) is 9.63. The molecular weight excluding hydrogens is 392 g/mol. The molecule has 0 saturated carbocycles. The predicted octanol–water partition coefficient (Wildman–Crippen LogP) is 4.77. The molecule has 20 heavy (non-hydrogen) atoms. The SMILES string of the molecule is Fc1ccc(Nc2ncnc3ccc(I)cc23)cc1Cl. The zero-order valence-corrected chi connectivity index (χ0v) is 13.0. The topological polar surface area (TPSA) is 37.8 Å². The summed E-state index contributed by atoms with van der Waals surface area (Å²) in [5, 5.41) is 4.11. The van der Waals surface area contributed by atoms with E-state index < -0.39 is 5.82 Å². The normalized spacial score (nSPS) is 10.8. The molecule has 0 saturated heterocycles. The van der Waals surface area contributed by atoms with Crippen LogP contribution in [0.5, 0.6) is 0 Å². The van der Waals surface area contributed by atoms with Crippen molar-refractivity contribution < 1.29 is 4.39 Å². The lowest BCUT2D eigenvalue weighted by atomic mass is 10.2. The Balaban J connectivity index is 2.05. The predicted molar refractivity (Wildman–Crippen MR) is 86.9 cm³/mol. The molecule has 0 unspecified atom stereocenters. The molecule has 100 valence electrons. The van der Waals surface area contributed by atoms with Crippen molar-refractivity contribution in [3.05, 3.63) is 57.1 Å². The third-order valence-electron chi connectivity index (χ3n) is 2.78. The van der Waals surface area contributed by atoms with E-state index in [1.165, 1.54) is 18.5 Å². The van der Waals surface area contributed by atoms with Crippen molar-refractivity contribution in [1.29, 1.82) is 0 Å². The van der Waals surface area contributed by atoms with E-state index in [1.807, 2.05) is 18.2 Å². The summed E-state index contributed by atoms with van der Waals surface area (Å²) in [6, 6.07) is 10.4. The Bertz CT molecular complexity index is 794. The van der Waals surface area contributed by atoms with Crippen molar-refractivity contribution in [1.82, 2.24) is 9.97 Å². The fourth-order valence-corrected chi connectivity index (χ4v) is 2.51. The number of fused-ring (bicyclic) bond motifs is 1. The fourth-order valence-electron chi connectivity index (χ4n) is 1.84. The molecule has 6 heteroatoms. The third kappa shape index (κ3) is 2.69. The number of rotatable bonds is 2. The number of benzene rings is 2. The first-order valence-electron chi connectivity index (χ1n) is 5.76. The van der Waals surface area contributed by atoms with E-state index in [4.69, 9.17) is 11.6 Å². The summed E-state index contributed by atoms with van der Waals surface area (Å²) in [6.45, 7) is 0. The van der Waals surface area contributed by atoms with Crippen LogP contribution in [0.1, 0.15) is 0 Å². The summed E-state index contributed by atoms with van der Waals surface area (Å²) in [5.74, 6) is 0.218. The fraction of sp³-hybridized carbons (Fsp3) is 0. The maximum Gasteiger partial charge on any atom is 0.141 e. The molecule has 0 aliphatic carbocycles. The van der Waals surface area contributed by atoms with Crippen LogP contribution in [0.25, 0.3) is 10.9 Å². The van der Waals surface area contributed by atoms with Crippen molar-refractivity contribution in [2.45, 2.75) is 0 Å². The molecule has 0 aliphatic heterocycles. The molecule has 3 nitrogen and oxygen atoms in total. The molecule has 1 N–H and O–H groups in total. The van der Waals surface area contributed by atoms with Gasteiger partial charge >= 0.3 is 0 Å². The Morgan fingerprint density at radius 1 is 1.10 bits per heavy atom. The smallest absolute Gasteiger partial charge is 0.141 e. The van der Waals surface area contributed by atoms with Crippen LogP contribution in [-0.2, 0) is 0 Å². The molecule has 0 amide bonds. The molecule has 0 atom stereocenters. The van der Waals surface area contributed by atoms with E-state index in [1.54, 1.807) is 6.07 Å². The van der Waals surface area contributed by atoms with Gasteiger partial charge in [0.2, 0.25) is 0 Å². The number of anilines is 2. The monoisotopic (exact) mass is 399 g/mol. The Morgan fingerprint density at radius 3 is 2.75 bits per heavy atom. The molecule has 3 aromatic rings. The maximum atomic E-state index is 13.2. The van der Waals surface area contributed by atoms with Crippen LogP contribution in [0, 0.1) is 9.39 Å². The Morgan fingerprint density at radius 2 is 1.95 bits per heavy atom. The number of hydrogen-bond acceptors (Lipinski definition) is 3. The second kappa shape index (κ2) is 5.49. The average molecular weight is 400 g/mol. The van der Waals surface area contributed by atoms with E-state index >= 15 is 0 Å². The molecule has 0 aliphatic rings. The van der Waals surface area contributed by atoms with Crippen molar-refractivity contribution in [2.24, 2.45) is 0 Å². The van der Waals surface area contributed by atoms with Gasteiger partial charge in [0.25, 0.3) is 0 Å².